The van der Waals surface area contributed by atoms with Gasteiger partial charge >= 0.3 is 0 Å². The highest BCUT2D eigenvalue weighted by atomic mass is 14.9. The topological polar surface area (TPSA) is 39.8 Å². The fraction of sp³-hybridized carbons (Fsp3) is 0.0909. The van der Waals surface area contributed by atoms with E-state index < -0.39 is 0 Å². The summed E-state index contributed by atoms with van der Waals surface area (Å²) >= 11 is 0. The van der Waals surface area contributed by atoms with Gasteiger partial charge in [0, 0.05) is 40.7 Å². The van der Waals surface area contributed by atoms with Crippen LogP contribution < -0.4 is 10.6 Å². The summed E-state index contributed by atoms with van der Waals surface area (Å²) in [5.41, 5.74) is 5.88. The zero-order chi connectivity index (χ0) is 16.9. The van der Waals surface area contributed by atoms with Crippen LogP contribution in [0.2, 0.25) is 0 Å². The maximum absolute atomic E-state index is 3.50. The highest BCUT2D eigenvalue weighted by molar-refractivity contribution is 5.83. The lowest BCUT2D eigenvalue weighted by Gasteiger charge is -2.09. The summed E-state index contributed by atoms with van der Waals surface area (Å²) in [4.78, 5) is 3.33. The maximum atomic E-state index is 3.50. The number of nitrogens with one attached hydrogen (secondary N) is 3. The molecule has 0 bridgehead atoms. The van der Waals surface area contributed by atoms with Gasteiger partial charge in [0.05, 0.1) is 0 Å². The second kappa shape index (κ2) is 7.14. The van der Waals surface area contributed by atoms with Gasteiger partial charge in [0.2, 0.25) is 0 Å². The van der Waals surface area contributed by atoms with E-state index >= 15 is 0 Å². The van der Waals surface area contributed by atoms with Gasteiger partial charge in [0.15, 0.2) is 0 Å². The summed E-state index contributed by atoms with van der Waals surface area (Å²) in [6.07, 6.45) is 3.10. The minimum Gasteiger partial charge on any atom is -0.385 e. The molecule has 0 amide bonds. The summed E-state index contributed by atoms with van der Waals surface area (Å²) < 4.78 is 0. The normalized spacial score (nSPS) is 10.7. The lowest BCUT2D eigenvalue weighted by Crippen LogP contribution is -2.04. The molecule has 0 atom stereocenters. The van der Waals surface area contributed by atoms with E-state index in [-0.39, 0.29) is 0 Å². The largest absolute Gasteiger partial charge is 0.385 e. The van der Waals surface area contributed by atoms with E-state index in [0.717, 1.165) is 30.0 Å². The second-order valence-electron chi connectivity index (χ2n) is 6.10. The highest BCUT2D eigenvalue weighted by Gasteiger charge is 2.02. The number of aromatic amines is 1. The fourth-order valence-corrected chi connectivity index (χ4v) is 3.04. The number of anilines is 3. The average Bonchev–Trinajstić information content (AvgIpc) is 3.07. The predicted molar refractivity (Wildman–Crippen MR) is 107 cm³/mol. The molecule has 3 nitrogen and oxygen atoms in total. The van der Waals surface area contributed by atoms with Crippen molar-refractivity contribution in [3.63, 3.8) is 0 Å². The van der Waals surface area contributed by atoms with Crippen molar-refractivity contribution < 1.29 is 0 Å². The summed E-state index contributed by atoms with van der Waals surface area (Å²) in [6.45, 7) is 0.910. The molecular formula is C22H21N3. The van der Waals surface area contributed by atoms with Gasteiger partial charge in [-0.05, 0) is 54.4 Å². The molecule has 1 aromatic heterocycles. The Morgan fingerprint density at radius 1 is 0.680 bits per heavy atom. The number of aromatic nitrogens is 1. The Bertz CT molecular complexity index is 940. The molecule has 0 aliphatic carbocycles. The summed E-state index contributed by atoms with van der Waals surface area (Å²) in [5.74, 6) is 0. The molecule has 0 spiro atoms. The van der Waals surface area contributed by atoms with E-state index in [0.29, 0.717) is 0 Å². The standard InChI is InChI=1S/C22H21N3/c1-2-6-19(7-3-1)25-20-12-10-18(11-13-20)23-15-14-17-16-24-22-9-5-4-8-21(17)22/h1-13,16,23-25H,14-15H2. The number of para-hydroxylation sites is 2. The molecule has 4 aromatic rings. The SMILES string of the molecule is c1ccc(Nc2ccc(NCCc3c[nH]c4ccccc34)cc2)cc1. The van der Waals surface area contributed by atoms with Crippen molar-refractivity contribution in [2.24, 2.45) is 0 Å². The van der Waals surface area contributed by atoms with Gasteiger partial charge in [0.1, 0.15) is 0 Å². The van der Waals surface area contributed by atoms with E-state index in [4.69, 9.17) is 0 Å². The van der Waals surface area contributed by atoms with E-state index in [2.05, 4.69) is 82.5 Å². The average molecular weight is 327 g/mol. The molecule has 1 heterocycles. The smallest absolute Gasteiger partial charge is 0.0456 e. The Hall–Kier alpha value is -3.20. The van der Waals surface area contributed by atoms with Crippen molar-refractivity contribution in [1.29, 1.82) is 0 Å². The Morgan fingerprint density at radius 2 is 1.36 bits per heavy atom. The Morgan fingerprint density at radius 3 is 2.20 bits per heavy atom. The van der Waals surface area contributed by atoms with E-state index in [1.54, 1.807) is 0 Å². The molecule has 0 aliphatic heterocycles. The van der Waals surface area contributed by atoms with Crippen molar-refractivity contribution >= 4 is 28.0 Å². The maximum Gasteiger partial charge on any atom is 0.0456 e. The number of rotatable bonds is 6. The number of H-pyrrole nitrogens is 1. The van der Waals surface area contributed by atoms with E-state index in [1.807, 2.05) is 18.2 Å². The van der Waals surface area contributed by atoms with Crippen LogP contribution in [-0.4, -0.2) is 11.5 Å². The van der Waals surface area contributed by atoms with Crippen LogP contribution in [0, 0.1) is 0 Å². The lowest BCUT2D eigenvalue weighted by atomic mass is 10.1. The van der Waals surface area contributed by atoms with Gasteiger partial charge < -0.3 is 15.6 Å². The van der Waals surface area contributed by atoms with Crippen LogP contribution in [0.4, 0.5) is 17.1 Å². The predicted octanol–water partition coefficient (Wildman–Crippen LogP) is 5.57. The Kier molecular flexibility index (Phi) is 4.38. The Labute approximate surface area is 147 Å². The third-order valence-electron chi connectivity index (χ3n) is 4.35. The molecule has 124 valence electrons. The van der Waals surface area contributed by atoms with Gasteiger partial charge in [-0.25, -0.2) is 0 Å². The van der Waals surface area contributed by atoms with E-state index in [9.17, 15) is 0 Å². The van der Waals surface area contributed by atoms with Crippen LogP contribution in [0.25, 0.3) is 10.9 Å². The van der Waals surface area contributed by atoms with E-state index in [1.165, 1.54) is 16.5 Å². The molecule has 0 fully saturated rings. The third-order valence-corrected chi connectivity index (χ3v) is 4.35. The number of hydrogen-bond donors (Lipinski definition) is 3. The second-order valence-corrected chi connectivity index (χ2v) is 6.10. The third kappa shape index (κ3) is 3.66. The highest BCUT2D eigenvalue weighted by Crippen LogP contribution is 2.20. The van der Waals surface area contributed by atoms with Crippen molar-refractivity contribution in [2.45, 2.75) is 6.42 Å². The molecule has 0 saturated carbocycles. The van der Waals surface area contributed by atoms with Crippen LogP contribution >= 0.6 is 0 Å². The first kappa shape index (κ1) is 15.3. The van der Waals surface area contributed by atoms with Crippen LogP contribution in [0.1, 0.15) is 5.56 Å². The van der Waals surface area contributed by atoms with Crippen LogP contribution in [-0.2, 0) is 6.42 Å². The van der Waals surface area contributed by atoms with Gasteiger partial charge in [-0.1, -0.05) is 36.4 Å². The van der Waals surface area contributed by atoms with Crippen molar-refractivity contribution in [2.75, 3.05) is 17.2 Å². The zero-order valence-electron chi connectivity index (χ0n) is 14.0. The van der Waals surface area contributed by atoms with Gasteiger partial charge in [0.25, 0.3) is 0 Å². The first-order valence-corrected chi connectivity index (χ1v) is 8.59. The monoisotopic (exact) mass is 327 g/mol. The molecule has 3 aromatic carbocycles. The summed E-state index contributed by atoms with van der Waals surface area (Å²) in [6, 6.07) is 27.1. The number of benzene rings is 3. The molecule has 3 N–H and O–H groups in total. The molecule has 25 heavy (non-hydrogen) atoms. The summed E-state index contributed by atoms with van der Waals surface area (Å²) in [5, 5.41) is 8.21. The van der Waals surface area contributed by atoms with Crippen molar-refractivity contribution in [3.05, 3.63) is 90.6 Å². The first-order valence-electron chi connectivity index (χ1n) is 8.59. The Balaban J connectivity index is 1.34. The minimum atomic E-state index is 0.910. The molecule has 0 unspecified atom stereocenters. The summed E-state index contributed by atoms with van der Waals surface area (Å²) in [7, 11) is 0. The van der Waals surface area contributed by atoms with Gasteiger partial charge in [-0.15, -0.1) is 0 Å². The quantitative estimate of drug-likeness (QED) is 0.433. The number of fused-ring (bicyclic) bond motifs is 1. The van der Waals surface area contributed by atoms with Crippen molar-refractivity contribution in [1.82, 2.24) is 4.98 Å². The number of hydrogen-bond acceptors (Lipinski definition) is 2. The molecule has 0 radical (unpaired) electrons. The van der Waals surface area contributed by atoms with Gasteiger partial charge in [-0.3, -0.25) is 0 Å². The van der Waals surface area contributed by atoms with Gasteiger partial charge in [-0.2, -0.15) is 0 Å². The van der Waals surface area contributed by atoms with Crippen LogP contribution in [0.5, 0.6) is 0 Å². The minimum absolute atomic E-state index is 0.910. The molecule has 4 rings (SSSR count). The molecule has 0 aliphatic rings. The first-order chi connectivity index (χ1) is 12.4. The molecule has 3 heteroatoms. The van der Waals surface area contributed by atoms with Crippen LogP contribution in [0.3, 0.4) is 0 Å². The van der Waals surface area contributed by atoms with Crippen LogP contribution in [0.15, 0.2) is 85.1 Å². The van der Waals surface area contributed by atoms with Crippen molar-refractivity contribution in [3.8, 4) is 0 Å². The molecule has 0 saturated heterocycles. The fourth-order valence-electron chi connectivity index (χ4n) is 3.04. The zero-order valence-corrected chi connectivity index (χ0v) is 14.0. The lowest BCUT2D eigenvalue weighted by molar-refractivity contribution is 1.03. The molecular weight excluding hydrogens is 306 g/mol.